The van der Waals surface area contributed by atoms with Crippen LogP contribution in [0.1, 0.15) is 38.2 Å². The minimum atomic E-state index is 0.0165. The zero-order valence-electron chi connectivity index (χ0n) is 17.5. The number of benzene rings is 2. The van der Waals surface area contributed by atoms with Crippen LogP contribution >= 0.6 is 11.8 Å². The number of carbonyl (C=O) groups excluding carboxylic acids is 1. The molecule has 2 aromatic carbocycles. The highest BCUT2D eigenvalue weighted by Gasteiger charge is 2.41. The van der Waals surface area contributed by atoms with Crippen molar-refractivity contribution in [2.75, 3.05) is 6.61 Å². The highest BCUT2D eigenvalue weighted by Crippen LogP contribution is 2.40. The van der Waals surface area contributed by atoms with Crippen LogP contribution < -0.4 is 4.74 Å². The summed E-state index contributed by atoms with van der Waals surface area (Å²) >= 11 is 1.44. The number of nitrogens with zero attached hydrogens (tertiary/aromatic N) is 3. The van der Waals surface area contributed by atoms with Gasteiger partial charge in [0.15, 0.2) is 11.8 Å². The second-order valence-corrected chi connectivity index (χ2v) is 8.87. The zero-order chi connectivity index (χ0) is 21.6. The Labute approximate surface area is 187 Å². The van der Waals surface area contributed by atoms with Gasteiger partial charge < -0.3 is 4.74 Å². The number of amidine groups is 1. The maximum Gasteiger partial charge on any atom is 0.267 e. The molecule has 0 aromatic heterocycles. The number of ether oxygens (including phenoxy) is 1. The van der Waals surface area contributed by atoms with Gasteiger partial charge in [0.05, 0.1) is 10.6 Å². The fourth-order valence-electron chi connectivity index (χ4n) is 4.08. The lowest BCUT2D eigenvalue weighted by molar-refractivity contribution is -0.124. The first-order valence-electron chi connectivity index (χ1n) is 10.6. The Kier molecular flexibility index (Phi) is 6.73. The Balaban J connectivity index is 1.64. The quantitative estimate of drug-likeness (QED) is 0.564. The molecule has 2 atom stereocenters. The molecule has 1 amide bonds. The van der Waals surface area contributed by atoms with Gasteiger partial charge in [0.25, 0.3) is 5.91 Å². The van der Waals surface area contributed by atoms with Gasteiger partial charge in [0.1, 0.15) is 11.8 Å². The van der Waals surface area contributed by atoms with E-state index < -0.39 is 0 Å². The van der Waals surface area contributed by atoms with Crippen LogP contribution in [-0.4, -0.2) is 28.6 Å². The molecule has 0 spiro atoms. The van der Waals surface area contributed by atoms with Crippen molar-refractivity contribution in [3.63, 3.8) is 0 Å². The molecule has 1 heterocycles. The number of para-hydroxylation sites is 1. The molecular weight excluding hydrogens is 406 g/mol. The second kappa shape index (κ2) is 9.84. The van der Waals surface area contributed by atoms with E-state index in [4.69, 9.17) is 15.0 Å². The monoisotopic (exact) mass is 431 g/mol. The van der Waals surface area contributed by atoms with Crippen LogP contribution in [0.2, 0.25) is 0 Å². The predicted octanol–water partition coefficient (Wildman–Crippen LogP) is 5.77. The minimum absolute atomic E-state index is 0.0165. The molecular formula is C25H25N3O2S. The van der Waals surface area contributed by atoms with Gasteiger partial charge in [-0.05, 0) is 66.4 Å². The topological polar surface area (TPSA) is 65.7 Å². The van der Waals surface area contributed by atoms with Crippen molar-refractivity contribution in [2.45, 2.75) is 38.6 Å². The fourth-order valence-corrected chi connectivity index (χ4v) is 5.12. The number of carbonyl (C=O) groups is 1. The van der Waals surface area contributed by atoms with E-state index in [-0.39, 0.29) is 18.6 Å². The smallest absolute Gasteiger partial charge is 0.267 e. The Morgan fingerprint density at radius 3 is 2.61 bits per heavy atom. The largest absolute Gasteiger partial charge is 0.479 e. The molecule has 2 aliphatic rings. The summed E-state index contributed by atoms with van der Waals surface area (Å²) in [6, 6.07) is 19.4. The van der Waals surface area contributed by atoms with Gasteiger partial charge in [0, 0.05) is 6.04 Å². The molecule has 4 rings (SSSR count). The summed E-state index contributed by atoms with van der Waals surface area (Å²) in [7, 11) is 0. The van der Waals surface area contributed by atoms with Crippen molar-refractivity contribution in [1.29, 1.82) is 5.26 Å². The van der Waals surface area contributed by atoms with Crippen molar-refractivity contribution >= 4 is 34.6 Å². The highest BCUT2D eigenvalue weighted by atomic mass is 32.2. The molecule has 0 unspecified atom stereocenters. The number of amides is 1. The average Bonchev–Trinajstić information content (AvgIpc) is 3.09. The van der Waals surface area contributed by atoms with E-state index >= 15 is 0 Å². The van der Waals surface area contributed by atoms with Crippen molar-refractivity contribution in [3.8, 4) is 11.8 Å². The van der Waals surface area contributed by atoms with Gasteiger partial charge in [-0.2, -0.15) is 5.26 Å². The molecule has 2 aromatic rings. The van der Waals surface area contributed by atoms with Crippen molar-refractivity contribution < 1.29 is 9.53 Å². The molecule has 158 valence electrons. The lowest BCUT2D eigenvalue weighted by atomic mass is 9.85. The first kappa shape index (κ1) is 21.2. The molecule has 1 aliphatic carbocycles. The summed E-state index contributed by atoms with van der Waals surface area (Å²) in [5, 5.41) is 9.40. The van der Waals surface area contributed by atoms with Crippen molar-refractivity contribution in [3.05, 3.63) is 65.1 Å². The summed E-state index contributed by atoms with van der Waals surface area (Å²) in [6.07, 6.45) is 6.43. The van der Waals surface area contributed by atoms with Gasteiger partial charge >= 0.3 is 0 Å². The number of rotatable bonds is 5. The number of hydrogen-bond donors (Lipinski definition) is 0. The Morgan fingerprint density at radius 1 is 1.16 bits per heavy atom. The summed E-state index contributed by atoms with van der Waals surface area (Å²) in [4.78, 5) is 20.9. The van der Waals surface area contributed by atoms with Gasteiger partial charge in [-0.1, -0.05) is 50.1 Å². The molecule has 1 saturated carbocycles. The predicted molar refractivity (Wildman–Crippen MR) is 125 cm³/mol. The second-order valence-electron chi connectivity index (χ2n) is 7.86. The first-order valence-corrected chi connectivity index (χ1v) is 11.4. The maximum atomic E-state index is 13.5. The third kappa shape index (κ3) is 5.00. The Morgan fingerprint density at radius 2 is 1.90 bits per heavy atom. The molecule has 0 bridgehead atoms. The standard InChI is InChI=1S/C25H25N3O2S/c1-18-7-5-6-10-22(18)28-24(29)23(31-25(28)27-20-8-3-2-4-9-20)17-19-11-13-21(14-12-19)30-16-15-26/h2-4,8-9,11-14,17-18,22H,5-7,10,16H2,1H3/b23-17-,27-25?/t18-,22-/m1/s1. The van der Waals surface area contributed by atoms with Gasteiger partial charge in [-0.25, -0.2) is 4.99 Å². The van der Waals surface area contributed by atoms with Crippen LogP contribution in [0.25, 0.3) is 6.08 Å². The minimum Gasteiger partial charge on any atom is -0.479 e. The lowest BCUT2D eigenvalue weighted by Crippen LogP contribution is -2.44. The number of thioether (sulfide) groups is 1. The van der Waals surface area contributed by atoms with Gasteiger partial charge in [-0.3, -0.25) is 9.69 Å². The van der Waals surface area contributed by atoms with Crippen molar-refractivity contribution in [2.24, 2.45) is 10.9 Å². The van der Waals surface area contributed by atoms with E-state index in [0.29, 0.717) is 16.6 Å². The molecule has 5 nitrogen and oxygen atoms in total. The van der Waals surface area contributed by atoms with Crippen LogP contribution in [0, 0.1) is 17.2 Å². The van der Waals surface area contributed by atoms with E-state index in [1.54, 1.807) is 0 Å². The highest BCUT2D eigenvalue weighted by molar-refractivity contribution is 8.18. The number of hydrogen-bond acceptors (Lipinski definition) is 5. The Bertz CT molecular complexity index is 1020. The lowest BCUT2D eigenvalue weighted by Gasteiger charge is -2.35. The molecule has 1 saturated heterocycles. The van der Waals surface area contributed by atoms with Crippen molar-refractivity contribution in [1.82, 2.24) is 4.90 Å². The average molecular weight is 432 g/mol. The summed E-state index contributed by atoms with van der Waals surface area (Å²) in [6.45, 7) is 2.26. The SMILES string of the molecule is C[C@@H]1CCCC[C@H]1N1C(=O)/C(=C/c2ccc(OCC#N)cc2)SC1=Nc1ccccc1. The molecule has 2 fully saturated rings. The normalized spacial score (nSPS) is 23.9. The summed E-state index contributed by atoms with van der Waals surface area (Å²) in [5.41, 5.74) is 1.77. The van der Waals surface area contributed by atoms with Crippen LogP contribution in [0.3, 0.4) is 0 Å². The van der Waals surface area contributed by atoms with Crippen LogP contribution in [-0.2, 0) is 4.79 Å². The van der Waals surface area contributed by atoms with E-state index in [0.717, 1.165) is 35.7 Å². The number of nitriles is 1. The van der Waals surface area contributed by atoms with E-state index in [2.05, 4.69) is 6.92 Å². The summed E-state index contributed by atoms with van der Waals surface area (Å²) < 4.78 is 5.31. The summed E-state index contributed by atoms with van der Waals surface area (Å²) in [5.74, 6) is 1.12. The van der Waals surface area contributed by atoms with Crippen LogP contribution in [0.4, 0.5) is 5.69 Å². The van der Waals surface area contributed by atoms with E-state index in [9.17, 15) is 4.79 Å². The molecule has 1 aliphatic heterocycles. The van der Waals surface area contributed by atoms with Gasteiger partial charge in [0.2, 0.25) is 0 Å². The maximum absolute atomic E-state index is 13.5. The molecule has 0 N–H and O–H groups in total. The molecule has 0 radical (unpaired) electrons. The number of aliphatic imine (C=N–C) groups is 1. The van der Waals surface area contributed by atoms with E-state index in [1.807, 2.05) is 71.6 Å². The first-order chi connectivity index (χ1) is 15.2. The molecule has 6 heteroatoms. The third-order valence-corrected chi connectivity index (χ3v) is 6.68. The van der Waals surface area contributed by atoms with Crippen LogP contribution in [0.15, 0.2) is 64.5 Å². The molecule has 31 heavy (non-hydrogen) atoms. The fraction of sp³-hybridized carbons (Fsp3) is 0.320. The van der Waals surface area contributed by atoms with Crippen LogP contribution in [0.5, 0.6) is 5.75 Å². The van der Waals surface area contributed by atoms with E-state index in [1.165, 1.54) is 18.2 Å². The van der Waals surface area contributed by atoms with Gasteiger partial charge in [-0.15, -0.1) is 0 Å². The zero-order valence-corrected chi connectivity index (χ0v) is 18.3. The Hall–Kier alpha value is -3.04. The third-order valence-electron chi connectivity index (χ3n) is 5.70.